The summed E-state index contributed by atoms with van der Waals surface area (Å²) in [6.45, 7) is 5.17. The summed E-state index contributed by atoms with van der Waals surface area (Å²) in [7, 11) is 1.70. The molecule has 1 N–H and O–H groups in total. The van der Waals surface area contributed by atoms with Gasteiger partial charge in [0.25, 0.3) is 0 Å². The number of rotatable bonds is 6. The van der Waals surface area contributed by atoms with Crippen LogP contribution in [-0.2, 0) is 6.42 Å². The van der Waals surface area contributed by atoms with E-state index in [-0.39, 0.29) is 6.04 Å². The number of aryl methyl sites for hydroxylation is 1. The first kappa shape index (κ1) is 15.9. The Labute approximate surface area is 132 Å². The van der Waals surface area contributed by atoms with Gasteiger partial charge in [-0.3, -0.25) is 0 Å². The molecule has 0 amide bonds. The summed E-state index contributed by atoms with van der Waals surface area (Å²) in [5.41, 5.74) is 3.76. The fraction of sp³-hybridized carbons (Fsp3) is 0.333. The Kier molecular flexibility index (Phi) is 5.66. The second-order valence-electron chi connectivity index (χ2n) is 5.17. The largest absolute Gasteiger partial charge is 0.497 e. The van der Waals surface area contributed by atoms with E-state index in [1.165, 1.54) is 16.7 Å². The summed E-state index contributed by atoms with van der Waals surface area (Å²) in [6.07, 6.45) is 0.909. The van der Waals surface area contributed by atoms with Gasteiger partial charge >= 0.3 is 0 Å². The maximum Gasteiger partial charge on any atom is 0.119 e. The van der Waals surface area contributed by atoms with Crippen molar-refractivity contribution in [3.63, 3.8) is 0 Å². The maximum atomic E-state index is 6.16. The van der Waals surface area contributed by atoms with E-state index in [2.05, 4.69) is 43.4 Å². The highest BCUT2D eigenvalue weighted by Gasteiger charge is 2.14. The van der Waals surface area contributed by atoms with Crippen molar-refractivity contribution in [3.05, 3.63) is 64.2 Å². The lowest BCUT2D eigenvalue weighted by molar-refractivity contribution is 0.414. The van der Waals surface area contributed by atoms with Gasteiger partial charge in [0.05, 0.1) is 7.11 Å². The van der Waals surface area contributed by atoms with E-state index in [0.717, 1.165) is 23.7 Å². The van der Waals surface area contributed by atoms with Crippen LogP contribution in [0.4, 0.5) is 0 Å². The molecule has 21 heavy (non-hydrogen) atoms. The van der Waals surface area contributed by atoms with Crippen molar-refractivity contribution in [3.8, 4) is 5.75 Å². The first-order chi connectivity index (χ1) is 10.1. The van der Waals surface area contributed by atoms with Crippen molar-refractivity contribution in [2.24, 2.45) is 0 Å². The highest BCUT2D eigenvalue weighted by atomic mass is 35.5. The topological polar surface area (TPSA) is 21.3 Å². The van der Waals surface area contributed by atoms with Crippen LogP contribution in [-0.4, -0.2) is 13.7 Å². The van der Waals surface area contributed by atoms with Gasteiger partial charge < -0.3 is 10.1 Å². The Morgan fingerprint density at radius 1 is 1.19 bits per heavy atom. The van der Waals surface area contributed by atoms with Crippen molar-refractivity contribution in [2.45, 2.75) is 26.3 Å². The molecule has 3 heteroatoms. The Balaban J connectivity index is 2.28. The van der Waals surface area contributed by atoms with Gasteiger partial charge in [-0.05, 0) is 60.8 Å². The molecule has 0 aliphatic carbocycles. The van der Waals surface area contributed by atoms with Crippen LogP contribution in [0.2, 0.25) is 5.02 Å². The van der Waals surface area contributed by atoms with Crippen LogP contribution in [0.3, 0.4) is 0 Å². The van der Waals surface area contributed by atoms with Crippen LogP contribution in [0, 0.1) is 6.92 Å². The fourth-order valence-corrected chi connectivity index (χ4v) is 2.74. The number of ether oxygens (including phenoxy) is 1. The molecule has 0 aliphatic rings. The molecule has 0 aliphatic heterocycles. The number of nitrogens with one attached hydrogen (secondary N) is 1. The zero-order chi connectivity index (χ0) is 15.2. The normalized spacial score (nSPS) is 12.2. The van der Waals surface area contributed by atoms with Gasteiger partial charge in [0.1, 0.15) is 5.75 Å². The molecule has 0 saturated carbocycles. The molecule has 0 saturated heterocycles. The Bertz CT molecular complexity index is 598. The average molecular weight is 304 g/mol. The lowest BCUT2D eigenvalue weighted by atomic mass is 9.95. The van der Waals surface area contributed by atoms with Crippen molar-refractivity contribution >= 4 is 11.6 Å². The number of methoxy groups -OCH3 is 1. The fourth-order valence-electron chi connectivity index (χ4n) is 2.56. The third-order valence-electron chi connectivity index (χ3n) is 3.64. The molecule has 2 aromatic rings. The molecule has 0 aromatic heterocycles. The first-order valence-corrected chi connectivity index (χ1v) is 7.64. The molecular formula is C18H22ClNO. The number of hydrogen-bond acceptors (Lipinski definition) is 2. The molecule has 0 fully saturated rings. The highest BCUT2D eigenvalue weighted by Crippen LogP contribution is 2.26. The smallest absolute Gasteiger partial charge is 0.119 e. The summed E-state index contributed by atoms with van der Waals surface area (Å²) >= 11 is 6.16. The van der Waals surface area contributed by atoms with E-state index >= 15 is 0 Å². The lowest BCUT2D eigenvalue weighted by Gasteiger charge is -2.21. The summed E-state index contributed by atoms with van der Waals surface area (Å²) in [4.78, 5) is 0. The van der Waals surface area contributed by atoms with Gasteiger partial charge in [-0.25, -0.2) is 0 Å². The average Bonchev–Trinajstić information content (AvgIpc) is 2.49. The van der Waals surface area contributed by atoms with Crippen LogP contribution in [0.1, 0.15) is 29.7 Å². The van der Waals surface area contributed by atoms with Crippen LogP contribution >= 0.6 is 11.6 Å². The zero-order valence-corrected chi connectivity index (χ0v) is 13.6. The second kappa shape index (κ2) is 7.48. The third kappa shape index (κ3) is 4.23. The molecule has 0 spiro atoms. The van der Waals surface area contributed by atoms with Crippen molar-refractivity contribution in [1.29, 1.82) is 0 Å². The highest BCUT2D eigenvalue weighted by molar-refractivity contribution is 6.30. The van der Waals surface area contributed by atoms with Crippen molar-refractivity contribution in [2.75, 3.05) is 13.7 Å². The summed E-state index contributed by atoms with van der Waals surface area (Å²) in [6, 6.07) is 14.5. The van der Waals surface area contributed by atoms with E-state index < -0.39 is 0 Å². The minimum atomic E-state index is 0.251. The summed E-state index contributed by atoms with van der Waals surface area (Å²) < 4.78 is 5.30. The van der Waals surface area contributed by atoms with Crippen LogP contribution in [0.15, 0.2) is 42.5 Å². The van der Waals surface area contributed by atoms with Gasteiger partial charge in [0.15, 0.2) is 0 Å². The minimum Gasteiger partial charge on any atom is -0.497 e. The molecular weight excluding hydrogens is 282 g/mol. The van der Waals surface area contributed by atoms with E-state index in [1.807, 2.05) is 18.2 Å². The van der Waals surface area contributed by atoms with Crippen LogP contribution < -0.4 is 10.1 Å². The number of benzene rings is 2. The van der Waals surface area contributed by atoms with Gasteiger partial charge in [0.2, 0.25) is 0 Å². The van der Waals surface area contributed by atoms with Crippen LogP contribution in [0.5, 0.6) is 5.75 Å². The van der Waals surface area contributed by atoms with Crippen LogP contribution in [0.25, 0.3) is 0 Å². The summed E-state index contributed by atoms with van der Waals surface area (Å²) in [5, 5.41) is 4.34. The molecule has 1 unspecified atom stereocenters. The number of halogens is 1. The molecule has 112 valence electrons. The summed E-state index contributed by atoms with van der Waals surface area (Å²) in [5.74, 6) is 0.894. The van der Waals surface area contributed by atoms with Crippen molar-refractivity contribution < 1.29 is 4.74 Å². The maximum absolute atomic E-state index is 6.16. The molecule has 2 rings (SSSR count). The van der Waals surface area contributed by atoms with Gasteiger partial charge in [-0.2, -0.15) is 0 Å². The Morgan fingerprint density at radius 3 is 2.71 bits per heavy atom. The SMILES string of the molecule is CCNC(Cc1cccc(OC)c1)c1cc(Cl)ccc1C. The second-order valence-corrected chi connectivity index (χ2v) is 5.60. The standard InChI is InChI=1S/C18H22ClNO/c1-4-20-18(17-12-15(19)9-8-13(17)2)11-14-6-5-7-16(10-14)21-3/h5-10,12,18,20H,4,11H2,1-3H3. The lowest BCUT2D eigenvalue weighted by Crippen LogP contribution is -2.23. The number of hydrogen-bond donors (Lipinski definition) is 1. The molecule has 0 radical (unpaired) electrons. The van der Waals surface area contributed by atoms with Gasteiger partial charge in [-0.1, -0.05) is 36.7 Å². The minimum absolute atomic E-state index is 0.251. The molecule has 2 aromatic carbocycles. The van der Waals surface area contributed by atoms with Gasteiger partial charge in [0, 0.05) is 11.1 Å². The molecule has 1 atom stereocenters. The predicted molar refractivity (Wildman–Crippen MR) is 89.3 cm³/mol. The third-order valence-corrected chi connectivity index (χ3v) is 3.88. The van der Waals surface area contributed by atoms with Gasteiger partial charge in [-0.15, -0.1) is 0 Å². The molecule has 0 bridgehead atoms. The van der Waals surface area contributed by atoms with E-state index in [1.54, 1.807) is 7.11 Å². The number of likely N-dealkylation sites (N-methyl/N-ethyl adjacent to an activating group) is 1. The Morgan fingerprint density at radius 2 is 2.00 bits per heavy atom. The van der Waals surface area contributed by atoms with E-state index in [4.69, 9.17) is 16.3 Å². The monoisotopic (exact) mass is 303 g/mol. The zero-order valence-electron chi connectivity index (χ0n) is 12.8. The van der Waals surface area contributed by atoms with E-state index in [9.17, 15) is 0 Å². The van der Waals surface area contributed by atoms with E-state index in [0.29, 0.717) is 0 Å². The Hall–Kier alpha value is -1.51. The molecule has 2 nitrogen and oxygen atoms in total. The predicted octanol–water partition coefficient (Wildman–Crippen LogP) is 4.55. The first-order valence-electron chi connectivity index (χ1n) is 7.26. The quantitative estimate of drug-likeness (QED) is 0.845. The molecule has 0 heterocycles. The van der Waals surface area contributed by atoms with Crippen molar-refractivity contribution in [1.82, 2.24) is 5.32 Å².